The molecular weight excluding hydrogens is 1480 g/mol. The van der Waals surface area contributed by atoms with E-state index in [2.05, 4.69) is 9.47 Å². The smallest absolute Gasteiger partial charge is 0.449 e. The zero-order valence-corrected chi connectivity index (χ0v) is 64.8. The SMILES string of the molecule is C.C.C.C.C.C.C.C.CCC(C)(C)C(=O)OC1(C)COC(O)(C(F)(F)F)C1(F)F.CCC(C)(C)C(=O)OC12CC3CC(C(C)(C)O)(C1)CC(C(C)(C)O)(C3)C2.CCC(C)(C)C(=O)OC12CC3CC(C(C)(C)OCC(C)(C)O)(C1)CC(C(C)(C)OCC(O)(C(F)(F)F)C(F)(F)F)(C3)C2.CCC(C)(C)C(=O)OC1COC(=O)C1. The van der Waals surface area contributed by atoms with Crippen LogP contribution in [0.2, 0.25) is 0 Å². The highest BCUT2D eigenvalue weighted by Gasteiger charge is 2.83. The van der Waals surface area contributed by atoms with Crippen molar-refractivity contribution in [2.75, 3.05) is 26.4 Å². The second kappa shape index (κ2) is 35.8. The quantitative estimate of drug-likeness (QED) is 0.0383. The van der Waals surface area contributed by atoms with Gasteiger partial charge in [0, 0.05) is 21.7 Å². The average Bonchev–Trinajstić information content (AvgIpc) is 1.41. The minimum absolute atomic E-state index is 0. The summed E-state index contributed by atoms with van der Waals surface area (Å²) < 4.78 is 190. The van der Waals surface area contributed by atoms with Crippen LogP contribution < -0.4 is 0 Å². The van der Waals surface area contributed by atoms with Gasteiger partial charge in [-0.15, -0.1) is 0 Å². The van der Waals surface area contributed by atoms with Crippen molar-refractivity contribution in [3.8, 4) is 0 Å². The lowest BCUT2D eigenvalue weighted by molar-refractivity contribution is -0.409. The van der Waals surface area contributed by atoms with Crippen LogP contribution in [0.4, 0.5) is 48.3 Å². The van der Waals surface area contributed by atoms with Crippen LogP contribution in [0.25, 0.3) is 0 Å². The van der Waals surface area contributed by atoms with Gasteiger partial charge in [0.15, 0.2) is 0 Å². The van der Waals surface area contributed by atoms with Gasteiger partial charge >= 0.3 is 60.1 Å². The molecule has 0 aromatic heterocycles. The summed E-state index contributed by atoms with van der Waals surface area (Å²) in [5, 5.41) is 51.6. The standard InChI is InChI=1S/C30H48F6O6.C22H38O4.C12H17F5O4.C10H16O4.8CH4/c1-10-21(2,3)20(37)42-27-13-19-11-25(15-27,23(6,7)40-17-22(4,5)38)14-26(12-19,16-27)24(8,9)41-18-28(39,29(31,32)33)30(34,35)36;1-8-17(2,3)16(23)26-22-11-15-9-20(13-22,18(4,5)24)12-21(10-15,14-22)19(6,7)25;1-5-8(2,3)7(18)21-9(4)6-20-11(19,10(9,13)14)12(15,16)17;1-4-10(2,3)9(12)14-7-5-8(11)13-6-7;;;;;;;;/h19,38-39H,10-18H2,1-9H3;15,24-25H,8-14H2,1-7H3;19H,5-6H2,1-4H3;7H,4-6H2,1-3H3;8*1H4. The van der Waals surface area contributed by atoms with Gasteiger partial charge in [-0.1, -0.05) is 87.1 Å². The predicted octanol–water partition coefficient (Wildman–Crippen LogP) is 20.1. The van der Waals surface area contributed by atoms with Crippen LogP contribution in [0.5, 0.6) is 0 Å². The molecule has 0 amide bonds. The van der Waals surface area contributed by atoms with Crippen molar-refractivity contribution in [1.29, 1.82) is 0 Å². The summed E-state index contributed by atoms with van der Waals surface area (Å²) in [6, 6.07) is 0. The summed E-state index contributed by atoms with van der Waals surface area (Å²) in [4.78, 5) is 60.5. The summed E-state index contributed by atoms with van der Waals surface area (Å²) in [6.45, 7) is 36.1. The minimum atomic E-state index is -6.01. The highest BCUT2D eigenvalue weighted by Crippen LogP contribution is 2.75. The lowest BCUT2D eigenvalue weighted by atomic mass is 9.37. The Morgan fingerprint density at radius 1 is 0.459 bits per heavy atom. The Balaban J connectivity index is -0.000000719. The lowest BCUT2D eigenvalue weighted by Gasteiger charge is -2.71. The van der Waals surface area contributed by atoms with Crippen molar-refractivity contribution in [2.45, 2.75) is 415 Å². The predicted molar refractivity (Wildman–Crippen MR) is 408 cm³/mol. The van der Waals surface area contributed by atoms with Crippen molar-refractivity contribution in [2.24, 2.45) is 55.2 Å². The third kappa shape index (κ3) is 22.2. The maximum Gasteiger partial charge on any atom is 0.449 e. The van der Waals surface area contributed by atoms with Crippen molar-refractivity contribution < 1.29 is 136 Å². The molecule has 0 radical (unpaired) electrons. The molecule has 2 aliphatic heterocycles. The van der Waals surface area contributed by atoms with Gasteiger partial charge in [0.05, 0.1) is 75.9 Å². The van der Waals surface area contributed by atoms with Gasteiger partial charge in [0.1, 0.15) is 23.9 Å². The molecular formula is C82H151F11O18. The van der Waals surface area contributed by atoms with E-state index in [-0.39, 0.29) is 133 Å². The molecule has 2 heterocycles. The number of esters is 5. The highest BCUT2D eigenvalue weighted by atomic mass is 19.4. The summed E-state index contributed by atoms with van der Waals surface area (Å²) in [5.41, 5.74) is -20.2. The van der Waals surface area contributed by atoms with E-state index in [4.69, 9.17) is 28.4 Å². The molecule has 8 saturated carbocycles. The van der Waals surface area contributed by atoms with Crippen LogP contribution in [0, 0.1) is 55.2 Å². The number of alkyl halides is 11. The molecule has 9 unspecified atom stereocenters. The molecule has 0 aromatic carbocycles. The first-order valence-electron chi connectivity index (χ1n) is 35.9. The molecule has 5 N–H and O–H groups in total. The van der Waals surface area contributed by atoms with Crippen LogP contribution in [0.1, 0.15) is 328 Å². The van der Waals surface area contributed by atoms with E-state index in [1.807, 2.05) is 90.0 Å². The largest absolute Gasteiger partial charge is 0.462 e. The molecule has 10 fully saturated rings. The Morgan fingerprint density at radius 3 is 1.05 bits per heavy atom. The monoisotopic (exact) mass is 1630 g/mol. The molecule has 9 atom stereocenters. The number of hydrogen-bond acceptors (Lipinski definition) is 18. The number of halogens is 11. The molecule has 0 aromatic rings. The second-order valence-corrected chi connectivity index (χ2v) is 37.2. The summed E-state index contributed by atoms with van der Waals surface area (Å²) in [7, 11) is 0. The number of carbonyl (C=O) groups excluding carboxylic acids is 5. The van der Waals surface area contributed by atoms with Gasteiger partial charge in [0.25, 0.3) is 5.60 Å². The third-order valence-electron chi connectivity index (χ3n) is 25.4. The van der Waals surface area contributed by atoms with Crippen LogP contribution in [-0.2, 0) is 61.9 Å². The first-order chi connectivity index (χ1) is 45.7. The summed E-state index contributed by atoms with van der Waals surface area (Å²) in [6.07, 6.45) is -8.24. The van der Waals surface area contributed by atoms with Crippen LogP contribution >= 0.6 is 0 Å². The van der Waals surface area contributed by atoms with E-state index in [1.165, 1.54) is 27.7 Å². The fourth-order valence-corrected chi connectivity index (χ4v) is 16.5. The molecule has 8 aliphatic carbocycles. The Labute approximate surface area is 659 Å². The van der Waals surface area contributed by atoms with E-state index in [0.717, 1.165) is 32.1 Å². The van der Waals surface area contributed by atoms with E-state index in [1.54, 1.807) is 34.6 Å². The van der Waals surface area contributed by atoms with Crippen LogP contribution in [0.3, 0.4) is 0 Å². The number of carbonyl (C=O) groups is 5. The van der Waals surface area contributed by atoms with Crippen LogP contribution in [-0.4, -0.2) is 169 Å². The maximum atomic E-state index is 14.0. The normalized spacial score (nSPS) is 30.1. The number of hydrogen-bond donors (Lipinski definition) is 5. The maximum absolute atomic E-state index is 14.0. The summed E-state index contributed by atoms with van der Waals surface area (Å²) >= 11 is 0. The van der Waals surface area contributed by atoms with Gasteiger partial charge in [-0.3, -0.25) is 24.0 Å². The number of cyclic esters (lactones) is 1. The molecule has 0 spiro atoms. The lowest BCUT2D eigenvalue weighted by Crippen LogP contribution is -2.71. The average molecular weight is 1630 g/mol. The number of rotatable bonds is 22. The Kier molecular flexibility index (Phi) is 36.7. The van der Waals surface area contributed by atoms with Crippen molar-refractivity contribution in [3.05, 3.63) is 0 Å². The van der Waals surface area contributed by atoms with Crippen molar-refractivity contribution in [1.82, 2.24) is 0 Å². The molecule has 111 heavy (non-hydrogen) atoms. The molecule has 664 valence electrons. The van der Waals surface area contributed by atoms with Gasteiger partial charge in [0.2, 0.25) is 5.60 Å². The topological polar surface area (TPSA) is 260 Å². The fraction of sp³-hybridized carbons (Fsp3) is 0.939. The summed E-state index contributed by atoms with van der Waals surface area (Å²) in [5.74, 6) is -11.4. The Morgan fingerprint density at radius 2 is 0.766 bits per heavy atom. The van der Waals surface area contributed by atoms with Gasteiger partial charge in [-0.25, -0.2) is 0 Å². The zero-order chi connectivity index (χ0) is 80.1. The van der Waals surface area contributed by atoms with Gasteiger partial charge < -0.3 is 63.4 Å². The second-order valence-electron chi connectivity index (χ2n) is 37.2. The Hall–Kier alpha value is -3.74. The van der Waals surface area contributed by atoms with E-state index < -0.39 is 138 Å². The first-order valence-corrected chi connectivity index (χ1v) is 35.9. The molecule has 10 aliphatic rings. The van der Waals surface area contributed by atoms with Crippen molar-refractivity contribution in [3.63, 3.8) is 0 Å². The zero-order valence-electron chi connectivity index (χ0n) is 64.8. The molecule has 10 rings (SSSR count). The van der Waals surface area contributed by atoms with Crippen molar-refractivity contribution >= 4 is 29.8 Å². The number of ether oxygens (including phenoxy) is 8. The Bertz CT molecular complexity index is 3020. The number of aliphatic hydroxyl groups is 5. The fourth-order valence-electron chi connectivity index (χ4n) is 16.5. The van der Waals surface area contributed by atoms with E-state index in [0.29, 0.717) is 70.6 Å². The molecule has 18 nitrogen and oxygen atoms in total. The highest BCUT2D eigenvalue weighted by molar-refractivity contribution is 5.78. The van der Waals surface area contributed by atoms with E-state index >= 15 is 0 Å². The molecule has 2 saturated heterocycles. The molecule has 8 bridgehead atoms. The molecule has 29 heteroatoms. The van der Waals surface area contributed by atoms with E-state index in [9.17, 15) is 97.8 Å². The van der Waals surface area contributed by atoms with Crippen LogP contribution in [0.15, 0.2) is 0 Å². The van der Waals surface area contributed by atoms with Gasteiger partial charge in [-0.05, 0) is 246 Å². The van der Waals surface area contributed by atoms with Gasteiger partial charge in [-0.2, -0.15) is 48.3 Å². The third-order valence-corrected chi connectivity index (χ3v) is 25.4. The minimum Gasteiger partial charge on any atom is -0.462 e. The first kappa shape index (κ1) is 114.